The van der Waals surface area contributed by atoms with Gasteiger partial charge < -0.3 is 5.32 Å². The van der Waals surface area contributed by atoms with Crippen molar-refractivity contribution in [1.82, 2.24) is 5.32 Å². The number of rotatable bonds is 4. The third kappa shape index (κ3) is 3.38. The molecule has 0 spiro atoms. The molecule has 1 heterocycles. The number of carbonyl (C=O) groups is 1. The summed E-state index contributed by atoms with van der Waals surface area (Å²) in [5.41, 5.74) is 3.50. The molecule has 1 fully saturated rings. The standard InChI is InChI=1S/C20H21N3O/c1-3-13-21-20-22-18(14-16-7-5-4-6-8-16)19(24)23(20)17-11-9-15(2)10-12-17/h4-12,14H,3,13H2,1-2H3,(H,21,22)/b18-14-. The van der Waals surface area contributed by atoms with Crippen LogP contribution >= 0.6 is 0 Å². The minimum absolute atomic E-state index is 0.0856. The van der Waals surface area contributed by atoms with Crippen molar-refractivity contribution in [2.75, 3.05) is 11.4 Å². The quantitative estimate of drug-likeness (QED) is 0.873. The number of carbonyl (C=O) groups excluding carboxylic acids is 1. The first kappa shape index (κ1) is 16.0. The van der Waals surface area contributed by atoms with E-state index in [4.69, 9.17) is 0 Å². The molecule has 122 valence electrons. The number of amides is 1. The van der Waals surface area contributed by atoms with Crippen LogP contribution in [0, 0.1) is 6.92 Å². The van der Waals surface area contributed by atoms with Crippen molar-refractivity contribution in [3.63, 3.8) is 0 Å². The van der Waals surface area contributed by atoms with Crippen LogP contribution in [0.15, 0.2) is 65.3 Å². The summed E-state index contributed by atoms with van der Waals surface area (Å²) in [6.07, 6.45) is 2.79. The van der Waals surface area contributed by atoms with Crippen molar-refractivity contribution < 1.29 is 4.79 Å². The highest BCUT2D eigenvalue weighted by atomic mass is 16.2. The van der Waals surface area contributed by atoms with Gasteiger partial charge >= 0.3 is 0 Å². The number of guanidine groups is 1. The predicted molar refractivity (Wildman–Crippen MR) is 98.8 cm³/mol. The lowest BCUT2D eigenvalue weighted by atomic mass is 10.2. The SMILES string of the molecule is CCCN=C1N/C(=C\c2ccccc2)C(=O)N1c1ccc(C)cc1. The Labute approximate surface area is 142 Å². The summed E-state index contributed by atoms with van der Waals surface area (Å²) >= 11 is 0. The first-order chi connectivity index (χ1) is 11.7. The number of aliphatic imine (C=N–C) groups is 1. The third-order valence-electron chi connectivity index (χ3n) is 3.78. The zero-order valence-electron chi connectivity index (χ0n) is 14.0. The molecule has 4 nitrogen and oxygen atoms in total. The van der Waals surface area contributed by atoms with Crippen molar-refractivity contribution in [3.05, 3.63) is 71.4 Å². The van der Waals surface area contributed by atoms with E-state index < -0.39 is 0 Å². The maximum atomic E-state index is 12.9. The van der Waals surface area contributed by atoms with Crippen molar-refractivity contribution >= 4 is 23.6 Å². The fourth-order valence-electron chi connectivity index (χ4n) is 2.52. The second-order valence-electron chi connectivity index (χ2n) is 5.78. The molecule has 0 bridgehead atoms. The lowest BCUT2D eigenvalue weighted by Gasteiger charge is -2.15. The van der Waals surface area contributed by atoms with Crippen LogP contribution < -0.4 is 10.2 Å². The minimum Gasteiger partial charge on any atom is -0.321 e. The summed E-state index contributed by atoms with van der Waals surface area (Å²) in [4.78, 5) is 19.1. The molecule has 1 amide bonds. The Balaban J connectivity index is 1.97. The number of hydrogen-bond acceptors (Lipinski definition) is 2. The zero-order chi connectivity index (χ0) is 16.9. The monoisotopic (exact) mass is 319 g/mol. The Bertz CT molecular complexity index is 776. The van der Waals surface area contributed by atoms with Gasteiger partial charge in [0.2, 0.25) is 5.96 Å². The molecule has 1 aliphatic rings. The number of nitrogens with one attached hydrogen (secondary N) is 1. The van der Waals surface area contributed by atoms with Crippen LogP contribution in [0.25, 0.3) is 6.08 Å². The fourth-order valence-corrected chi connectivity index (χ4v) is 2.52. The topological polar surface area (TPSA) is 44.7 Å². The second kappa shape index (κ2) is 7.13. The lowest BCUT2D eigenvalue weighted by molar-refractivity contribution is -0.113. The Hall–Kier alpha value is -2.88. The van der Waals surface area contributed by atoms with Crippen LogP contribution in [0.3, 0.4) is 0 Å². The van der Waals surface area contributed by atoms with Gasteiger partial charge in [0.05, 0.1) is 5.69 Å². The molecule has 1 aliphatic heterocycles. The molecule has 3 rings (SSSR count). The molecule has 2 aromatic carbocycles. The summed E-state index contributed by atoms with van der Waals surface area (Å²) < 4.78 is 0. The van der Waals surface area contributed by atoms with E-state index in [1.165, 1.54) is 0 Å². The maximum absolute atomic E-state index is 12.9. The Morgan fingerprint density at radius 2 is 1.79 bits per heavy atom. The van der Waals surface area contributed by atoms with Gasteiger partial charge in [-0.15, -0.1) is 0 Å². The number of hydrogen-bond donors (Lipinski definition) is 1. The van der Waals surface area contributed by atoms with Gasteiger partial charge in [-0.25, -0.2) is 4.90 Å². The molecule has 1 N–H and O–H groups in total. The van der Waals surface area contributed by atoms with E-state index in [2.05, 4.69) is 17.2 Å². The normalized spacial score (nSPS) is 17.6. The Morgan fingerprint density at radius 3 is 2.46 bits per heavy atom. The largest absolute Gasteiger partial charge is 0.321 e. The summed E-state index contributed by atoms with van der Waals surface area (Å²) in [6.45, 7) is 4.77. The van der Waals surface area contributed by atoms with Crippen LogP contribution in [0.2, 0.25) is 0 Å². The van der Waals surface area contributed by atoms with Gasteiger partial charge in [-0.1, -0.05) is 55.0 Å². The van der Waals surface area contributed by atoms with E-state index in [1.807, 2.05) is 67.6 Å². The molecule has 4 heteroatoms. The van der Waals surface area contributed by atoms with Crippen molar-refractivity contribution in [2.45, 2.75) is 20.3 Å². The maximum Gasteiger partial charge on any atom is 0.281 e. The van der Waals surface area contributed by atoms with Crippen LogP contribution in [-0.2, 0) is 4.79 Å². The van der Waals surface area contributed by atoms with Gasteiger partial charge in [0, 0.05) is 6.54 Å². The highest BCUT2D eigenvalue weighted by Crippen LogP contribution is 2.23. The van der Waals surface area contributed by atoms with Crippen LogP contribution in [0.1, 0.15) is 24.5 Å². The molecule has 1 saturated heterocycles. The molecule has 24 heavy (non-hydrogen) atoms. The summed E-state index contributed by atoms with van der Waals surface area (Å²) in [6, 6.07) is 17.7. The van der Waals surface area contributed by atoms with Gasteiger partial charge in [-0.05, 0) is 37.1 Å². The molecular weight excluding hydrogens is 298 g/mol. The number of aryl methyl sites for hydroxylation is 1. The fraction of sp³-hybridized carbons (Fsp3) is 0.200. The minimum atomic E-state index is -0.0856. The zero-order valence-corrected chi connectivity index (χ0v) is 14.0. The van der Waals surface area contributed by atoms with E-state index in [-0.39, 0.29) is 5.91 Å². The summed E-state index contributed by atoms with van der Waals surface area (Å²) in [5, 5.41) is 3.17. The summed E-state index contributed by atoms with van der Waals surface area (Å²) in [5.74, 6) is 0.505. The molecular formula is C20H21N3O. The third-order valence-corrected chi connectivity index (χ3v) is 3.78. The molecule has 0 aromatic heterocycles. The van der Waals surface area contributed by atoms with Gasteiger partial charge in [-0.3, -0.25) is 9.79 Å². The summed E-state index contributed by atoms with van der Waals surface area (Å²) in [7, 11) is 0. The average Bonchev–Trinajstić information content (AvgIpc) is 2.90. The molecule has 0 atom stereocenters. The predicted octanol–water partition coefficient (Wildman–Crippen LogP) is 3.74. The van der Waals surface area contributed by atoms with Crippen molar-refractivity contribution in [3.8, 4) is 0 Å². The van der Waals surface area contributed by atoms with Crippen LogP contribution in [0.4, 0.5) is 5.69 Å². The first-order valence-electron chi connectivity index (χ1n) is 8.18. The van der Waals surface area contributed by atoms with E-state index in [9.17, 15) is 4.79 Å². The Morgan fingerprint density at radius 1 is 1.08 bits per heavy atom. The van der Waals surface area contributed by atoms with Crippen molar-refractivity contribution in [2.24, 2.45) is 4.99 Å². The van der Waals surface area contributed by atoms with E-state index >= 15 is 0 Å². The van der Waals surface area contributed by atoms with Gasteiger partial charge in [0.25, 0.3) is 5.91 Å². The first-order valence-corrected chi connectivity index (χ1v) is 8.18. The van der Waals surface area contributed by atoms with E-state index in [1.54, 1.807) is 4.90 Å². The highest BCUT2D eigenvalue weighted by Gasteiger charge is 2.32. The molecule has 0 radical (unpaired) electrons. The van der Waals surface area contributed by atoms with Crippen LogP contribution in [-0.4, -0.2) is 18.4 Å². The van der Waals surface area contributed by atoms with Crippen LogP contribution in [0.5, 0.6) is 0 Å². The lowest BCUT2D eigenvalue weighted by Crippen LogP contribution is -2.32. The molecule has 0 unspecified atom stereocenters. The highest BCUT2D eigenvalue weighted by molar-refractivity contribution is 6.29. The molecule has 0 aliphatic carbocycles. The Kier molecular flexibility index (Phi) is 4.75. The second-order valence-corrected chi connectivity index (χ2v) is 5.78. The average molecular weight is 319 g/mol. The van der Waals surface area contributed by atoms with Crippen molar-refractivity contribution in [1.29, 1.82) is 0 Å². The number of anilines is 1. The van der Waals surface area contributed by atoms with Gasteiger partial charge in [-0.2, -0.15) is 0 Å². The van der Waals surface area contributed by atoms with Gasteiger partial charge in [0.1, 0.15) is 5.70 Å². The van der Waals surface area contributed by atoms with Gasteiger partial charge in [0.15, 0.2) is 0 Å². The van der Waals surface area contributed by atoms with E-state index in [0.717, 1.165) is 23.2 Å². The molecule has 2 aromatic rings. The number of benzene rings is 2. The smallest absolute Gasteiger partial charge is 0.281 e. The molecule has 0 saturated carbocycles. The number of nitrogens with zero attached hydrogens (tertiary/aromatic N) is 2. The van der Waals surface area contributed by atoms with E-state index in [0.29, 0.717) is 18.2 Å².